The topological polar surface area (TPSA) is 42.4 Å². The molecule has 0 unspecified atom stereocenters. The van der Waals surface area contributed by atoms with Gasteiger partial charge in [-0.25, -0.2) is 4.98 Å². The fraction of sp³-hybridized carbons (Fsp3) is 0.118. The second-order valence-corrected chi connectivity index (χ2v) is 5.69. The summed E-state index contributed by atoms with van der Waals surface area (Å²) in [5.41, 5.74) is 2.23. The zero-order valence-electron chi connectivity index (χ0n) is 11.4. The van der Waals surface area contributed by atoms with Crippen molar-refractivity contribution in [3.8, 4) is 16.2 Å². The minimum absolute atomic E-state index is 0.0110. The molecule has 106 valence electrons. The molecule has 0 aliphatic rings. The van der Waals surface area contributed by atoms with Crippen molar-refractivity contribution in [2.24, 2.45) is 0 Å². The molecule has 0 aliphatic carbocycles. The number of benzene rings is 2. The van der Waals surface area contributed by atoms with Gasteiger partial charge in [-0.1, -0.05) is 30.3 Å². The van der Waals surface area contributed by atoms with Crippen molar-refractivity contribution in [1.29, 1.82) is 0 Å². The number of rotatable bonds is 5. The Morgan fingerprint density at radius 1 is 1.00 bits per heavy atom. The molecule has 1 heterocycles. The first-order valence-corrected chi connectivity index (χ1v) is 7.49. The Bertz CT molecular complexity index is 692. The molecule has 0 bridgehead atoms. The fourth-order valence-electron chi connectivity index (χ4n) is 1.97. The number of hydrogen-bond donors (Lipinski definition) is 1. The van der Waals surface area contributed by atoms with E-state index in [1.165, 1.54) is 11.3 Å². The zero-order chi connectivity index (χ0) is 14.5. The Morgan fingerprint density at radius 3 is 2.43 bits per heavy atom. The van der Waals surface area contributed by atoms with E-state index < -0.39 is 0 Å². The summed E-state index contributed by atoms with van der Waals surface area (Å²) in [6.07, 6.45) is 1.79. The van der Waals surface area contributed by atoms with Gasteiger partial charge in [0.1, 0.15) is 17.4 Å². The van der Waals surface area contributed by atoms with Crippen LogP contribution in [-0.2, 0) is 13.2 Å². The molecule has 0 amide bonds. The lowest BCUT2D eigenvalue weighted by Crippen LogP contribution is -1.94. The predicted molar refractivity (Wildman–Crippen MR) is 84.2 cm³/mol. The summed E-state index contributed by atoms with van der Waals surface area (Å²) in [5.74, 6) is 0.842. The maximum atomic E-state index is 9.05. The second-order valence-electron chi connectivity index (χ2n) is 4.58. The summed E-state index contributed by atoms with van der Waals surface area (Å²) in [4.78, 5) is 5.20. The lowest BCUT2D eigenvalue weighted by Gasteiger charge is -2.06. The molecule has 2 aromatic carbocycles. The third-order valence-corrected chi connectivity index (χ3v) is 4.11. The number of aliphatic hydroxyl groups is 1. The van der Waals surface area contributed by atoms with Gasteiger partial charge in [0.2, 0.25) is 0 Å². The number of aliphatic hydroxyl groups excluding tert-OH is 1. The Balaban J connectivity index is 1.66. The van der Waals surface area contributed by atoms with E-state index in [1.54, 1.807) is 6.20 Å². The standard InChI is InChI=1S/C17H15NO2S/c19-11-17-18-10-16(21-17)14-6-8-15(9-7-14)20-12-13-4-2-1-3-5-13/h1-10,19H,11-12H2. The van der Waals surface area contributed by atoms with E-state index in [4.69, 9.17) is 9.84 Å². The Kier molecular flexibility index (Phi) is 4.28. The monoisotopic (exact) mass is 297 g/mol. The van der Waals surface area contributed by atoms with Crippen molar-refractivity contribution in [2.75, 3.05) is 0 Å². The van der Waals surface area contributed by atoms with Crippen molar-refractivity contribution in [2.45, 2.75) is 13.2 Å². The van der Waals surface area contributed by atoms with Crippen LogP contribution < -0.4 is 4.74 Å². The maximum absolute atomic E-state index is 9.05. The van der Waals surface area contributed by atoms with Crippen LogP contribution in [0.2, 0.25) is 0 Å². The molecule has 0 spiro atoms. The molecule has 1 N–H and O–H groups in total. The first kappa shape index (κ1) is 13.8. The van der Waals surface area contributed by atoms with Crippen molar-refractivity contribution >= 4 is 11.3 Å². The number of aromatic nitrogens is 1. The normalized spacial score (nSPS) is 10.5. The molecule has 21 heavy (non-hydrogen) atoms. The van der Waals surface area contributed by atoms with Crippen LogP contribution in [0.5, 0.6) is 5.75 Å². The van der Waals surface area contributed by atoms with E-state index in [-0.39, 0.29) is 6.61 Å². The lowest BCUT2D eigenvalue weighted by molar-refractivity contribution is 0.281. The highest BCUT2D eigenvalue weighted by Crippen LogP contribution is 2.27. The molecular weight excluding hydrogens is 282 g/mol. The Hall–Kier alpha value is -2.17. The summed E-state index contributed by atoms with van der Waals surface area (Å²) in [5, 5.41) is 9.78. The molecule has 3 rings (SSSR count). The number of hydrogen-bond acceptors (Lipinski definition) is 4. The van der Waals surface area contributed by atoms with E-state index in [0.717, 1.165) is 26.8 Å². The van der Waals surface area contributed by atoms with E-state index in [0.29, 0.717) is 6.61 Å². The van der Waals surface area contributed by atoms with Gasteiger partial charge in [0.05, 0.1) is 11.5 Å². The molecule has 0 radical (unpaired) electrons. The minimum Gasteiger partial charge on any atom is -0.489 e. The summed E-state index contributed by atoms with van der Waals surface area (Å²) in [6, 6.07) is 18.0. The Morgan fingerprint density at radius 2 is 1.76 bits per heavy atom. The minimum atomic E-state index is -0.0110. The molecule has 3 nitrogen and oxygen atoms in total. The van der Waals surface area contributed by atoms with Gasteiger partial charge in [-0.2, -0.15) is 0 Å². The predicted octanol–water partition coefficient (Wildman–Crippen LogP) is 3.88. The summed E-state index contributed by atoms with van der Waals surface area (Å²) in [6.45, 7) is 0.554. The van der Waals surface area contributed by atoms with Crippen LogP contribution in [0.4, 0.5) is 0 Å². The number of thiazole rings is 1. The third-order valence-electron chi connectivity index (χ3n) is 3.08. The number of ether oxygens (including phenoxy) is 1. The van der Waals surface area contributed by atoms with E-state index in [9.17, 15) is 0 Å². The highest BCUT2D eigenvalue weighted by Gasteiger charge is 2.04. The molecule has 0 fully saturated rings. The van der Waals surface area contributed by atoms with Crippen LogP contribution in [0.15, 0.2) is 60.8 Å². The van der Waals surface area contributed by atoms with Gasteiger partial charge in [-0.15, -0.1) is 11.3 Å². The molecule has 1 aromatic heterocycles. The fourth-order valence-corrected chi connectivity index (χ4v) is 2.76. The lowest BCUT2D eigenvalue weighted by atomic mass is 10.2. The molecule has 0 atom stereocenters. The molecule has 4 heteroatoms. The van der Waals surface area contributed by atoms with Crippen molar-refractivity contribution in [3.05, 3.63) is 71.4 Å². The van der Waals surface area contributed by atoms with E-state index in [2.05, 4.69) is 4.98 Å². The van der Waals surface area contributed by atoms with Crippen molar-refractivity contribution in [3.63, 3.8) is 0 Å². The second kappa shape index (κ2) is 6.52. The molecular formula is C17H15NO2S. The highest BCUT2D eigenvalue weighted by atomic mass is 32.1. The first-order valence-electron chi connectivity index (χ1n) is 6.68. The average Bonchev–Trinajstić information content (AvgIpc) is 3.03. The van der Waals surface area contributed by atoms with E-state index >= 15 is 0 Å². The van der Waals surface area contributed by atoms with Crippen LogP contribution in [-0.4, -0.2) is 10.1 Å². The molecule has 3 aromatic rings. The summed E-state index contributed by atoms with van der Waals surface area (Å²) in [7, 11) is 0. The largest absolute Gasteiger partial charge is 0.489 e. The SMILES string of the molecule is OCc1ncc(-c2ccc(OCc3ccccc3)cc2)s1. The van der Waals surface area contributed by atoms with Gasteiger partial charge in [0, 0.05) is 6.20 Å². The molecule has 0 saturated heterocycles. The third kappa shape index (κ3) is 3.48. The first-order chi connectivity index (χ1) is 10.3. The van der Waals surface area contributed by atoms with Gasteiger partial charge < -0.3 is 9.84 Å². The average molecular weight is 297 g/mol. The van der Waals surface area contributed by atoms with Crippen LogP contribution in [0.25, 0.3) is 10.4 Å². The van der Waals surface area contributed by atoms with Crippen LogP contribution in [0, 0.1) is 0 Å². The molecule has 0 saturated carbocycles. The van der Waals surface area contributed by atoms with Gasteiger partial charge in [-0.3, -0.25) is 0 Å². The highest BCUT2D eigenvalue weighted by molar-refractivity contribution is 7.15. The Labute approximate surface area is 127 Å². The smallest absolute Gasteiger partial charge is 0.119 e. The molecule has 0 aliphatic heterocycles. The number of nitrogens with zero attached hydrogens (tertiary/aromatic N) is 1. The quantitative estimate of drug-likeness (QED) is 0.777. The summed E-state index contributed by atoms with van der Waals surface area (Å²) >= 11 is 1.50. The van der Waals surface area contributed by atoms with Crippen LogP contribution >= 0.6 is 11.3 Å². The van der Waals surface area contributed by atoms with E-state index in [1.807, 2.05) is 54.6 Å². The maximum Gasteiger partial charge on any atom is 0.119 e. The van der Waals surface area contributed by atoms with Crippen molar-refractivity contribution < 1.29 is 9.84 Å². The zero-order valence-corrected chi connectivity index (χ0v) is 12.2. The van der Waals surface area contributed by atoms with Gasteiger partial charge >= 0.3 is 0 Å². The van der Waals surface area contributed by atoms with Gasteiger partial charge in [0.15, 0.2) is 0 Å². The van der Waals surface area contributed by atoms with Gasteiger partial charge in [-0.05, 0) is 35.4 Å². The van der Waals surface area contributed by atoms with Crippen molar-refractivity contribution in [1.82, 2.24) is 4.98 Å². The van der Waals surface area contributed by atoms with Crippen LogP contribution in [0.1, 0.15) is 10.6 Å². The van der Waals surface area contributed by atoms with Gasteiger partial charge in [0.25, 0.3) is 0 Å². The van der Waals surface area contributed by atoms with Crippen LogP contribution in [0.3, 0.4) is 0 Å². The summed E-state index contributed by atoms with van der Waals surface area (Å²) < 4.78 is 5.76.